The van der Waals surface area contributed by atoms with E-state index in [1.54, 1.807) is 0 Å². The molecule has 1 aliphatic carbocycles. The van der Waals surface area contributed by atoms with Gasteiger partial charge in [-0.3, -0.25) is 4.79 Å². The maximum absolute atomic E-state index is 12.2. The van der Waals surface area contributed by atoms with Crippen molar-refractivity contribution >= 4 is 16.8 Å². The predicted octanol–water partition coefficient (Wildman–Crippen LogP) is 3.09. The van der Waals surface area contributed by atoms with Crippen molar-refractivity contribution in [1.29, 1.82) is 0 Å². The van der Waals surface area contributed by atoms with Crippen molar-refractivity contribution in [3.8, 4) is 0 Å². The van der Waals surface area contributed by atoms with Crippen LogP contribution < -0.4 is 5.32 Å². The third kappa shape index (κ3) is 2.13. The van der Waals surface area contributed by atoms with Crippen LogP contribution in [0.15, 0.2) is 30.5 Å². The summed E-state index contributed by atoms with van der Waals surface area (Å²) in [7, 11) is 0. The summed E-state index contributed by atoms with van der Waals surface area (Å²) in [6, 6.07) is 7.81. The molecule has 2 aromatic rings. The van der Waals surface area contributed by atoms with Crippen LogP contribution in [-0.2, 0) is 0 Å². The van der Waals surface area contributed by atoms with Crippen molar-refractivity contribution in [2.24, 2.45) is 5.92 Å². The maximum Gasteiger partial charge on any atom is 0.253 e. The van der Waals surface area contributed by atoms with Gasteiger partial charge in [0.1, 0.15) is 0 Å². The molecule has 1 saturated carbocycles. The minimum atomic E-state index is 0.0370. The lowest BCUT2D eigenvalue weighted by Gasteiger charge is -2.11. The van der Waals surface area contributed by atoms with E-state index in [1.807, 2.05) is 30.5 Å². The van der Waals surface area contributed by atoms with Crippen LogP contribution in [0.4, 0.5) is 0 Å². The number of amides is 1. The number of fused-ring (bicyclic) bond motifs is 1. The molecule has 1 heterocycles. The molecule has 0 radical (unpaired) electrons. The van der Waals surface area contributed by atoms with Gasteiger partial charge in [-0.1, -0.05) is 25.0 Å². The van der Waals surface area contributed by atoms with Gasteiger partial charge in [0.25, 0.3) is 5.91 Å². The van der Waals surface area contributed by atoms with E-state index in [0.29, 0.717) is 5.92 Å². The summed E-state index contributed by atoms with van der Waals surface area (Å²) in [5.41, 5.74) is 1.68. The molecule has 1 aliphatic rings. The second kappa shape index (κ2) is 4.84. The highest BCUT2D eigenvalue weighted by molar-refractivity contribution is 6.05. The number of hydrogen-bond donors (Lipinski definition) is 2. The quantitative estimate of drug-likeness (QED) is 0.853. The maximum atomic E-state index is 12.2. The molecule has 2 N–H and O–H groups in total. The second-order valence-electron chi connectivity index (χ2n) is 5.11. The number of H-pyrrole nitrogens is 1. The van der Waals surface area contributed by atoms with Crippen LogP contribution in [0.5, 0.6) is 0 Å². The van der Waals surface area contributed by atoms with E-state index in [0.717, 1.165) is 23.0 Å². The van der Waals surface area contributed by atoms with Gasteiger partial charge in [-0.05, 0) is 30.9 Å². The van der Waals surface area contributed by atoms with Crippen LogP contribution in [0.25, 0.3) is 10.9 Å². The van der Waals surface area contributed by atoms with Gasteiger partial charge in [0.2, 0.25) is 0 Å². The van der Waals surface area contributed by atoms with Gasteiger partial charge in [0, 0.05) is 18.1 Å². The number of benzene rings is 1. The van der Waals surface area contributed by atoms with Crippen LogP contribution in [0.1, 0.15) is 36.0 Å². The standard InChI is InChI=1S/C15H18N2O/c18-15(17-10-11-4-1-2-5-11)13-7-3-6-12-8-9-16-14(12)13/h3,6-9,11,16H,1-2,4-5,10H2,(H,17,18). The van der Waals surface area contributed by atoms with E-state index < -0.39 is 0 Å². The molecular formula is C15H18N2O. The van der Waals surface area contributed by atoms with E-state index in [2.05, 4.69) is 10.3 Å². The van der Waals surface area contributed by atoms with Crippen LogP contribution in [-0.4, -0.2) is 17.4 Å². The fraction of sp³-hybridized carbons (Fsp3) is 0.400. The third-order valence-corrected chi connectivity index (χ3v) is 3.86. The number of hydrogen-bond acceptors (Lipinski definition) is 1. The van der Waals surface area contributed by atoms with E-state index in [4.69, 9.17) is 0 Å². The number of para-hydroxylation sites is 1. The van der Waals surface area contributed by atoms with E-state index in [-0.39, 0.29) is 5.91 Å². The number of aromatic nitrogens is 1. The Morgan fingerprint density at radius 2 is 2.11 bits per heavy atom. The average molecular weight is 242 g/mol. The van der Waals surface area contributed by atoms with Gasteiger partial charge in [-0.2, -0.15) is 0 Å². The number of carbonyl (C=O) groups is 1. The van der Waals surface area contributed by atoms with Gasteiger partial charge >= 0.3 is 0 Å². The molecule has 0 bridgehead atoms. The second-order valence-corrected chi connectivity index (χ2v) is 5.11. The first-order valence-electron chi connectivity index (χ1n) is 6.69. The normalized spacial score (nSPS) is 16.2. The van der Waals surface area contributed by atoms with Crippen molar-refractivity contribution in [2.45, 2.75) is 25.7 Å². The molecule has 1 aromatic heterocycles. The molecule has 1 fully saturated rings. The molecule has 0 saturated heterocycles. The lowest BCUT2D eigenvalue weighted by atomic mass is 10.1. The molecule has 0 aliphatic heterocycles. The Morgan fingerprint density at radius 3 is 2.94 bits per heavy atom. The molecule has 3 heteroatoms. The molecule has 0 unspecified atom stereocenters. The largest absolute Gasteiger partial charge is 0.361 e. The summed E-state index contributed by atoms with van der Waals surface area (Å²) in [6.45, 7) is 0.815. The first-order chi connectivity index (χ1) is 8.84. The fourth-order valence-corrected chi connectivity index (χ4v) is 2.82. The minimum Gasteiger partial charge on any atom is -0.361 e. The van der Waals surface area contributed by atoms with Gasteiger partial charge < -0.3 is 10.3 Å². The van der Waals surface area contributed by atoms with E-state index in [9.17, 15) is 4.79 Å². The smallest absolute Gasteiger partial charge is 0.253 e. The molecule has 94 valence electrons. The minimum absolute atomic E-state index is 0.0370. The molecule has 3 rings (SSSR count). The summed E-state index contributed by atoms with van der Waals surface area (Å²) in [4.78, 5) is 15.3. The Labute approximate surface area is 107 Å². The van der Waals surface area contributed by atoms with Crippen LogP contribution in [0, 0.1) is 5.92 Å². The lowest BCUT2D eigenvalue weighted by Crippen LogP contribution is -2.28. The van der Waals surface area contributed by atoms with E-state index >= 15 is 0 Å². The summed E-state index contributed by atoms with van der Waals surface area (Å²) in [5.74, 6) is 0.715. The molecule has 1 amide bonds. The number of carbonyl (C=O) groups excluding carboxylic acids is 1. The van der Waals surface area contributed by atoms with Crippen molar-refractivity contribution in [1.82, 2.24) is 10.3 Å². The third-order valence-electron chi connectivity index (χ3n) is 3.86. The van der Waals surface area contributed by atoms with Gasteiger partial charge in [-0.15, -0.1) is 0 Å². The Hall–Kier alpha value is -1.77. The Balaban J connectivity index is 1.73. The Kier molecular flexibility index (Phi) is 3.05. The molecular weight excluding hydrogens is 224 g/mol. The van der Waals surface area contributed by atoms with Crippen molar-refractivity contribution in [2.75, 3.05) is 6.54 Å². The van der Waals surface area contributed by atoms with Crippen molar-refractivity contribution < 1.29 is 4.79 Å². The van der Waals surface area contributed by atoms with Crippen molar-refractivity contribution in [3.05, 3.63) is 36.0 Å². The monoisotopic (exact) mass is 242 g/mol. The zero-order chi connectivity index (χ0) is 12.4. The predicted molar refractivity (Wildman–Crippen MR) is 72.6 cm³/mol. The summed E-state index contributed by atoms with van der Waals surface area (Å²) < 4.78 is 0. The fourth-order valence-electron chi connectivity index (χ4n) is 2.82. The molecule has 3 nitrogen and oxygen atoms in total. The molecule has 0 atom stereocenters. The highest BCUT2D eigenvalue weighted by Gasteiger charge is 2.17. The lowest BCUT2D eigenvalue weighted by molar-refractivity contribution is 0.0949. The van der Waals surface area contributed by atoms with Crippen molar-refractivity contribution in [3.63, 3.8) is 0 Å². The topological polar surface area (TPSA) is 44.9 Å². The van der Waals surface area contributed by atoms with Crippen LogP contribution in [0.3, 0.4) is 0 Å². The molecule has 0 spiro atoms. The van der Waals surface area contributed by atoms with E-state index in [1.165, 1.54) is 25.7 Å². The van der Waals surface area contributed by atoms with Crippen LogP contribution >= 0.6 is 0 Å². The SMILES string of the molecule is O=C(NCC1CCCC1)c1cccc2cc[nH]c12. The molecule has 18 heavy (non-hydrogen) atoms. The Bertz CT molecular complexity index is 552. The summed E-state index contributed by atoms with van der Waals surface area (Å²) in [6.07, 6.45) is 7.01. The number of aromatic amines is 1. The number of rotatable bonds is 3. The Morgan fingerprint density at radius 1 is 1.28 bits per heavy atom. The zero-order valence-corrected chi connectivity index (χ0v) is 10.4. The first-order valence-corrected chi connectivity index (χ1v) is 6.69. The average Bonchev–Trinajstić information content (AvgIpc) is 3.05. The zero-order valence-electron chi connectivity index (χ0n) is 10.4. The summed E-state index contributed by atoms with van der Waals surface area (Å²) in [5, 5.41) is 4.15. The van der Waals surface area contributed by atoms with Gasteiger partial charge in [0.05, 0.1) is 11.1 Å². The highest BCUT2D eigenvalue weighted by atomic mass is 16.1. The molecule has 1 aromatic carbocycles. The van der Waals surface area contributed by atoms with Crippen LogP contribution in [0.2, 0.25) is 0 Å². The first kappa shape index (κ1) is 11.3. The highest BCUT2D eigenvalue weighted by Crippen LogP contribution is 2.24. The summed E-state index contributed by atoms with van der Waals surface area (Å²) >= 11 is 0. The number of nitrogens with one attached hydrogen (secondary N) is 2. The van der Waals surface area contributed by atoms with Gasteiger partial charge in [-0.25, -0.2) is 0 Å². The van der Waals surface area contributed by atoms with Gasteiger partial charge in [0.15, 0.2) is 0 Å².